The highest BCUT2D eigenvalue weighted by atomic mass is 16.3. The van der Waals surface area contributed by atoms with E-state index in [-0.39, 0.29) is 0 Å². The van der Waals surface area contributed by atoms with Crippen LogP contribution in [0.1, 0.15) is 6.42 Å². The predicted molar refractivity (Wildman–Crippen MR) is 53.0 cm³/mol. The molecule has 1 aromatic carbocycles. The van der Waals surface area contributed by atoms with Crippen LogP contribution in [-0.2, 0) is 0 Å². The second-order valence-corrected chi connectivity index (χ2v) is 3.35. The highest BCUT2D eigenvalue weighted by molar-refractivity contribution is 5.55. The van der Waals surface area contributed by atoms with Crippen molar-refractivity contribution < 1.29 is 5.11 Å². The van der Waals surface area contributed by atoms with Crippen molar-refractivity contribution in [1.82, 2.24) is 5.32 Å². The third-order valence-electron chi connectivity index (χ3n) is 2.32. The molecule has 3 N–H and O–H groups in total. The fourth-order valence-corrected chi connectivity index (χ4v) is 1.59. The maximum atomic E-state index is 9.49. The monoisotopic (exact) mass is 178 g/mol. The zero-order valence-electron chi connectivity index (χ0n) is 7.46. The van der Waals surface area contributed by atoms with E-state index < -0.39 is 0 Å². The first kappa shape index (κ1) is 8.38. The Labute approximate surface area is 77.8 Å². The van der Waals surface area contributed by atoms with Gasteiger partial charge in [-0.05, 0) is 25.1 Å². The Morgan fingerprint density at radius 3 is 2.92 bits per heavy atom. The first-order valence-electron chi connectivity index (χ1n) is 4.61. The van der Waals surface area contributed by atoms with E-state index in [1.54, 1.807) is 6.07 Å². The Balaban J connectivity index is 2.04. The summed E-state index contributed by atoms with van der Waals surface area (Å²) in [5.74, 6) is 0.328. The molecule has 3 nitrogen and oxygen atoms in total. The van der Waals surface area contributed by atoms with Crippen LogP contribution in [0, 0.1) is 0 Å². The minimum atomic E-state index is 0.328. The molecule has 0 saturated carbocycles. The Morgan fingerprint density at radius 2 is 2.23 bits per heavy atom. The van der Waals surface area contributed by atoms with E-state index >= 15 is 0 Å². The molecule has 1 heterocycles. The molecule has 13 heavy (non-hydrogen) atoms. The molecule has 1 aliphatic heterocycles. The van der Waals surface area contributed by atoms with Crippen LogP contribution in [0.15, 0.2) is 24.3 Å². The van der Waals surface area contributed by atoms with Crippen LogP contribution >= 0.6 is 0 Å². The second-order valence-electron chi connectivity index (χ2n) is 3.35. The number of anilines is 1. The summed E-state index contributed by atoms with van der Waals surface area (Å²) in [6, 6.07) is 7.80. The van der Waals surface area contributed by atoms with E-state index in [1.165, 1.54) is 0 Å². The topological polar surface area (TPSA) is 44.3 Å². The van der Waals surface area contributed by atoms with Crippen molar-refractivity contribution in [3.05, 3.63) is 24.3 Å². The lowest BCUT2D eigenvalue weighted by Gasteiger charge is -2.13. The zero-order chi connectivity index (χ0) is 9.10. The smallest absolute Gasteiger partial charge is 0.138 e. The minimum absolute atomic E-state index is 0.328. The van der Waals surface area contributed by atoms with Gasteiger partial charge in [-0.3, -0.25) is 0 Å². The summed E-state index contributed by atoms with van der Waals surface area (Å²) in [5.41, 5.74) is 0.830. The molecule has 0 radical (unpaired) electrons. The molecule has 0 bridgehead atoms. The molecule has 70 valence electrons. The van der Waals surface area contributed by atoms with Gasteiger partial charge in [0.05, 0.1) is 5.69 Å². The summed E-state index contributed by atoms with van der Waals surface area (Å²) in [6.07, 6.45) is 1.12. The van der Waals surface area contributed by atoms with Crippen LogP contribution in [0.25, 0.3) is 0 Å². The number of phenolic OH excluding ortho intramolecular Hbond substituents is 1. The summed E-state index contributed by atoms with van der Waals surface area (Å²) >= 11 is 0. The molecule has 0 amide bonds. The number of rotatable bonds is 2. The lowest BCUT2D eigenvalue weighted by Crippen LogP contribution is -2.21. The molecule has 0 aliphatic carbocycles. The quantitative estimate of drug-likeness (QED) is 0.595. The molecule has 1 unspecified atom stereocenters. The molecule has 3 heteroatoms. The Morgan fingerprint density at radius 1 is 1.38 bits per heavy atom. The minimum Gasteiger partial charge on any atom is -0.506 e. The lowest BCUT2D eigenvalue weighted by molar-refractivity contribution is 0.476. The highest BCUT2D eigenvalue weighted by Gasteiger charge is 2.14. The van der Waals surface area contributed by atoms with Gasteiger partial charge in [0, 0.05) is 12.6 Å². The Bertz CT molecular complexity index is 282. The van der Waals surface area contributed by atoms with E-state index in [0.29, 0.717) is 11.8 Å². The van der Waals surface area contributed by atoms with Gasteiger partial charge in [-0.2, -0.15) is 0 Å². The summed E-state index contributed by atoms with van der Waals surface area (Å²) < 4.78 is 0. The second kappa shape index (κ2) is 3.66. The van der Waals surface area contributed by atoms with E-state index in [1.807, 2.05) is 18.2 Å². The summed E-state index contributed by atoms with van der Waals surface area (Å²) in [5, 5.41) is 16.1. The molecule has 1 aromatic rings. The fraction of sp³-hybridized carbons (Fsp3) is 0.400. The van der Waals surface area contributed by atoms with Gasteiger partial charge in [-0.25, -0.2) is 0 Å². The molecular formula is C10H14N2O. The first-order chi connectivity index (χ1) is 6.36. The molecule has 0 aromatic heterocycles. The number of aromatic hydroxyl groups is 1. The third kappa shape index (κ3) is 1.92. The average Bonchev–Trinajstić information content (AvgIpc) is 2.61. The number of hydrogen-bond donors (Lipinski definition) is 3. The van der Waals surface area contributed by atoms with Gasteiger partial charge in [0.1, 0.15) is 5.75 Å². The van der Waals surface area contributed by atoms with Crippen molar-refractivity contribution in [1.29, 1.82) is 0 Å². The van der Waals surface area contributed by atoms with Gasteiger partial charge in [0.25, 0.3) is 0 Å². The van der Waals surface area contributed by atoms with Crippen molar-refractivity contribution in [2.45, 2.75) is 12.5 Å². The number of nitrogens with one attached hydrogen (secondary N) is 2. The molecule has 1 atom stereocenters. The molecule has 1 saturated heterocycles. The van der Waals surface area contributed by atoms with E-state index in [4.69, 9.17) is 0 Å². The normalized spacial score (nSPS) is 21.7. The standard InChI is InChI=1S/C10H14N2O/c13-10-4-2-1-3-9(10)12-8-5-6-11-7-8/h1-4,8,11-13H,5-7H2. The number of hydrogen-bond acceptors (Lipinski definition) is 3. The number of benzene rings is 1. The summed E-state index contributed by atoms with van der Waals surface area (Å²) in [4.78, 5) is 0. The van der Waals surface area contributed by atoms with Gasteiger partial charge >= 0.3 is 0 Å². The molecule has 2 rings (SSSR count). The maximum absolute atomic E-state index is 9.49. The molecule has 1 fully saturated rings. The largest absolute Gasteiger partial charge is 0.506 e. The summed E-state index contributed by atoms with van der Waals surface area (Å²) in [6.45, 7) is 2.04. The van der Waals surface area contributed by atoms with Crippen molar-refractivity contribution in [3.8, 4) is 5.75 Å². The van der Waals surface area contributed by atoms with Crippen molar-refractivity contribution in [3.63, 3.8) is 0 Å². The van der Waals surface area contributed by atoms with Gasteiger partial charge in [0.15, 0.2) is 0 Å². The van der Waals surface area contributed by atoms with Crippen LogP contribution in [0.3, 0.4) is 0 Å². The van der Waals surface area contributed by atoms with Crippen molar-refractivity contribution in [2.75, 3.05) is 18.4 Å². The van der Waals surface area contributed by atoms with E-state index in [2.05, 4.69) is 10.6 Å². The molecular weight excluding hydrogens is 164 g/mol. The average molecular weight is 178 g/mol. The zero-order valence-corrected chi connectivity index (χ0v) is 7.46. The lowest BCUT2D eigenvalue weighted by atomic mass is 10.2. The first-order valence-corrected chi connectivity index (χ1v) is 4.61. The Hall–Kier alpha value is -1.22. The van der Waals surface area contributed by atoms with Gasteiger partial charge in [-0.1, -0.05) is 12.1 Å². The fourth-order valence-electron chi connectivity index (χ4n) is 1.59. The van der Waals surface area contributed by atoms with Gasteiger partial charge in [0.2, 0.25) is 0 Å². The van der Waals surface area contributed by atoms with Crippen molar-refractivity contribution >= 4 is 5.69 Å². The predicted octanol–water partition coefficient (Wildman–Crippen LogP) is 1.17. The maximum Gasteiger partial charge on any atom is 0.138 e. The molecule has 1 aliphatic rings. The third-order valence-corrected chi connectivity index (χ3v) is 2.32. The van der Waals surface area contributed by atoms with Crippen LogP contribution in [-0.4, -0.2) is 24.2 Å². The van der Waals surface area contributed by atoms with Crippen molar-refractivity contribution in [2.24, 2.45) is 0 Å². The van der Waals surface area contributed by atoms with Crippen LogP contribution in [0.5, 0.6) is 5.75 Å². The van der Waals surface area contributed by atoms with Gasteiger partial charge in [-0.15, -0.1) is 0 Å². The molecule has 0 spiro atoms. The van der Waals surface area contributed by atoms with E-state index in [9.17, 15) is 5.11 Å². The van der Waals surface area contributed by atoms with Crippen LogP contribution in [0.2, 0.25) is 0 Å². The summed E-state index contributed by atoms with van der Waals surface area (Å²) in [7, 11) is 0. The van der Waals surface area contributed by atoms with E-state index in [0.717, 1.165) is 25.2 Å². The highest BCUT2D eigenvalue weighted by Crippen LogP contribution is 2.23. The van der Waals surface area contributed by atoms with Crippen LogP contribution < -0.4 is 10.6 Å². The van der Waals surface area contributed by atoms with Crippen LogP contribution in [0.4, 0.5) is 5.69 Å². The SMILES string of the molecule is Oc1ccccc1NC1CCNC1. The number of phenols is 1. The Kier molecular flexibility index (Phi) is 2.36. The van der Waals surface area contributed by atoms with Gasteiger partial charge < -0.3 is 15.7 Å². The number of para-hydroxylation sites is 2.